The molecule has 3 aromatic rings. The molecule has 0 fully saturated rings. The Morgan fingerprint density at radius 2 is 1.68 bits per heavy atom. The number of thioether (sulfide) groups is 1. The third-order valence-electron chi connectivity index (χ3n) is 3.34. The first-order valence-electron chi connectivity index (χ1n) is 6.93. The maximum Gasteiger partial charge on any atom is 0.453 e. The standard InChI is InChI=1S/C16H10F5N3S/c1-25-13-7-6-11(8-12(13)18)24-14(9-2-4-10(17)5-3-9)22-15(23-24)16(19,20)21/h2-8H,1H3. The third-order valence-corrected chi connectivity index (χ3v) is 4.11. The normalized spacial score (nSPS) is 11.8. The maximum atomic E-state index is 14.0. The van der Waals surface area contributed by atoms with Crippen LogP contribution in [0.25, 0.3) is 17.1 Å². The summed E-state index contributed by atoms with van der Waals surface area (Å²) in [7, 11) is 0. The first-order valence-corrected chi connectivity index (χ1v) is 8.16. The molecule has 0 unspecified atom stereocenters. The Hall–Kier alpha value is -2.42. The molecule has 2 aromatic carbocycles. The van der Waals surface area contributed by atoms with Gasteiger partial charge in [0, 0.05) is 16.5 Å². The quantitative estimate of drug-likeness (QED) is 0.482. The lowest BCUT2D eigenvalue weighted by Gasteiger charge is -2.07. The van der Waals surface area contributed by atoms with Crippen molar-refractivity contribution in [1.82, 2.24) is 14.8 Å². The molecule has 0 N–H and O–H groups in total. The van der Waals surface area contributed by atoms with Gasteiger partial charge in [0.05, 0.1) is 5.69 Å². The van der Waals surface area contributed by atoms with E-state index in [0.717, 1.165) is 22.9 Å². The van der Waals surface area contributed by atoms with Crippen molar-refractivity contribution < 1.29 is 22.0 Å². The fourth-order valence-corrected chi connectivity index (χ4v) is 2.64. The van der Waals surface area contributed by atoms with Gasteiger partial charge >= 0.3 is 6.18 Å². The molecule has 9 heteroatoms. The average molecular weight is 371 g/mol. The number of hydrogen-bond acceptors (Lipinski definition) is 3. The van der Waals surface area contributed by atoms with Crippen LogP contribution in [-0.4, -0.2) is 21.0 Å². The minimum atomic E-state index is -4.77. The van der Waals surface area contributed by atoms with E-state index in [9.17, 15) is 22.0 Å². The maximum absolute atomic E-state index is 14.0. The highest BCUT2D eigenvalue weighted by molar-refractivity contribution is 7.98. The molecule has 0 saturated carbocycles. The minimum absolute atomic E-state index is 0.0811. The zero-order valence-electron chi connectivity index (χ0n) is 12.7. The summed E-state index contributed by atoms with van der Waals surface area (Å²) in [6.45, 7) is 0. The minimum Gasteiger partial charge on any atom is -0.213 e. The summed E-state index contributed by atoms with van der Waals surface area (Å²) in [6, 6.07) is 8.71. The van der Waals surface area contributed by atoms with E-state index >= 15 is 0 Å². The molecule has 0 bridgehead atoms. The number of aromatic nitrogens is 3. The fourth-order valence-electron chi connectivity index (χ4n) is 2.19. The molecule has 1 aromatic heterocycles. The summed E-state index contributed by atoms with van der Waals surface area (Å²) in [5, 5.41) is 3.46. The van der Waals surface area contributed by atoms with Gasteiger partial charge in [0.25, 0.3) is 5.82 Å². The van der Waals surface area contributed by atoms with Crippen LogP contribution in [0.4, 0.5) is 22.0 Å². The van der Waals surface area contributed by atoms with Crippen molar-refractivity contribution in [3.05, 3.63) is 59.9 Å². The van der Waals surface area contributed by atoms with Crippen LogP contribution < -0.4 is 0 Å². The molecule has 3 nitrogen and oxygen atoms in total. The van der Waals surface area contributed by atoms with Crippen molar-refractivity contribution in [1.29, 1.82) is 0 Å². The second-order valence-corrected chi connectivity index (χ2v) is 5.84. The van der Waals surface area contributed by atoms with Crippen LogP contribution in [0, 0.1) is 11.6 Å². The second kappa shape index (κ2) is 6.47. The van der Waals surface area contributed by atoms with Crippen LogP contribution in [0.3, 0.4) is 0 Å². The average Bonchev–Trinajstić information content (AvgIpc) is 3.01. The Morgan fingerprint density at radius 3 is 2.24 bits per heavy atom. The Kier molecular flexibility index (Phi) is 4.51. The summed E-state index contributed by atoms with van der Waals surface area (Å²) >= 11 is 1.17. The van der Waals surface area contributed by atoms with Gasteiger partial charge in [-0.25, -0.2) is 18.4 Å². The number of hydrogen-bond donors (Lipinski definition) is 0. The van der Waals surface area contributed by atoms with Crippen LogP contribution in [0.2, 0.25) is 0 Å². The van der Waals surface area contributed by atoms with Gasteiger partial charge in [-0.05, 0) is 42.7 Å². The molecular weight excluding hydrogens is 361 g/mol. The lowest BCUT2D eigenvalue weighted by atomic mass is 10.2. The predicted octanol–water partition coefficient (Wildman–Crippen LogP) is 4.95. The van der Waals surface area contributed by atoms with Crippen molar-refractivity contribution in [2.24, 2.45) is 0 Å². The van der Waals surface area contributed by atoms with Crippen molar-refractivity contribution >= 4 is 11.8 Å². The number of halogens is 5. The molecule has 0 aliphatic heterocycles. The zero-order valence-corrected chi connectivity index (χ0v) is 13.5. The van der Waals surface area contributed by atoms with E-state index < -0.39 is 23.6 Å². The zero-order chi connectivity index (χ0) is 18.2. The molecule has 1 heterocycles. The molecule has 0 saturated heterocycles. The molecule has 0 spiro atoms. The van der Waals surface area contributed by atoms with E-state index in [1.807, 2.05) is 0 Å². The van der Waals surface area contributed by atoms with E-state index in [1.165, 1.54) is 36.0 Å². The molecule has 0 radical (unpaired) electrons. The highest BCUT2D eigenvalue weighted by Gasteiger charge is 2.37. The predicted molar refractivity (Wildman–Crippen MR) is 83.5 cm³/mol. The summed E-state index contributed by atoms with van der Waals surface area (Å²) in [5.41, 5.74) is 0.302. The lowest BCUT2D eigenvalue weighted by Crippen LogP contribution is -2.08. The van der Waals surface area contributed by atoms with Crippen LogP contribution >= 0.6 is 11.8 Å². The van der Waals surface area contributed by atoms with Gasteiger partial charge in [0.15, 0.2) is 5.82 Å². The van der Waals surface area contributed by atoms with Crippen molar-refractivity contribution in [3.8, 4) is 17.1 Å². The van der Waals surface area contributed by atoms with Crippen LogP contribution in [0.1, 0.15) is 5.82 Å². The van der Waals surface area contributed by atoms with Crippen molar-refractivity contribution in [2.45, 2.75) is 11.1 Å². The van der Waals surface area contributed by atoms with E-state index in [1.54, 1.807) is 6.26 Å². The molecule has 3 rings (SSSR count). The molecular formula is C16H10F5N3S. The molecule has 130 valence electrons. The molecule has 0 amide bonds. The molecule has 0 atom stereocenters. The third kappa shape index (κ3) is 3.51. The lowest BCUT2D eigenvalue weighted by molar-refractivity contribution is -0.144. The van der Waals surface area contributed by atoms with Crippen LogP contribution in [0.15, 0.2) is 47.4 Å². The van der Waals surface area contributed by atoms with Crippen molar-refractivity contribution in [3.63, 3.8) is 0 Å². The Balaban J connectivity index is 2.19. The Bertz CT molecular complexity index is 903. The van der Waals surface area contributed by atoms with Gasteiger partial charge in [-0.15, -0.1) is 16.9 Å². The SMILES string of the molecule is CSc1ccc(-n2nc(C(F)(F)F)nc2-c2ccc(F)cc2)cc1F. The highest BCUT2D eigenvalue weighted by Crippen LogP contribution is 2.31. The number of benzene rings is 2. The van der Waals surface area contributed by atoms with Gasteiger partial charge < -0.3 is 0 Å². The fraction of sp³-hybridized carbons (Fsp3) is 0.125. The molecule has 0 aliphatic rings. The topological polar surface area (TPSA) is 30.7 Å². The van der Waals surface area contributed by atoms with E-state index in [4.69, 9.17) is 0 Å². The highest BCUT2D eigenvalue weighted by atomic mass is 32.2. The first kappa shape index (κ1) is 17.4. The number of alkyl halides is 3. The van der Waals surface area contributed by atoms with Gasteiger partial charge in [0.2, 0.25) is 0 Å². The Labute approximate surface area is 143 Å². The second-order valence-electron chi connectivity index (χ2n) is 4.99. The van der Waals surface area contributed by atoms with E-state index in [2.05, 4.69) is 10.1 Å². The van der Waals surface area contributed by atoms with Gasteiger partial charge in [-0.3, -0.25) is 0 Å². The largest absolute Gasteiger partial charge is 0.453 e. The summed E-state index contributed by atoms with van der Waals surface area (Å²) in [6.07, 6.45) is -3.09. The summed E-state index contributed by atoms with van der Waals surface area (Å²) in [5.74, 6) is -2.65. The van der Waals surface area contributed by atoms with Gasteiger partial charge in [-0.1, -0.05) is 0 Å². The first-order chi connectivity index (χ1) is 11.8. The van der Waals surface area contributed by atoms with E-state index in [0.29, 0.717) is 4.90 Å². The van der Waals surface area contributed by atoms with Crippen molar-refractivity contribution in [2.75, 3.05) is 6.26 Å². The van der Waals surface area contributed by atoms with Crippen LogP contribution in [0.5, 0.6) is 0 Å². The Morgan fingerprint density at radius 1 is 1.00 bits per heavy atom. The summed E-state index contributed by atoms with van der Waals surface area (Å²) in [4.78, 5) is 3.86. The summed E-state index contributed by atoms with van der Waals surface area (Å²) < 4.78 is 67.0. The number of rotatable bonds is 3. The van der Waals surface area contributed by atoms with Gasteiger partial charge in [0.1, 0.15) is 11.6 Å². The van der Waals surface area contributed by atoms with E-state index in [-0.39, 0.29) is 17.1 Å². The molecule has 0 aliphatic carbocycles. The van der Waals surface area contributed by atoms with Gasteiger partial charge in [-0.2, -0.15) is 13.2 Å². The smallest absolute Gasteiger partial charge is 0.213 e. The number of nitrogens with zero attached hydrogens (tertiary/aromatic N) is 3. The monoisotopic (exact) mass is 371 g/mol. The molecule has 25 heavy (non-hydrogen) atoms. The van der Waals surface area contributed by atoms with Crippen LogP contribution in [-0.2, 0) is 6.18 Å².